The molecular formula is C22H25BrN2O2. The summed E-state index contributed by atoms with van der Waals surface area (Å²) in [6.45, 7) is 1.69. The summed E-state index contributed by atoms with van der Waals surface area (Å²) in [6, 6.07) is 13.7. The van der Waals surface area contributed by atoms with Gasteiger partial charge in [0, 0.05) is 34.1 Å². The van der Waals surface area contributed by atoms with Crippen LogP contribution in [-0.4, -0.2) is 41.0 Å². The molecule has 27 heavy (non-hydrogen) atoms. The van der Waals surface area contributed by atoms with Crippen LogP contribution in [0.1, 0.15) is 34.3 Å². The summed E-state index contributed by atoms with van der Waals surface area (Å²) < 4.78 is 0.986. The third-order valence-electron chi connectivity index (χ3n) is 6.09. The van der Waals surface area contributed by atoms with E-state index in [-0.39, 0.29) is 23.8 Å². The molecule has 1 saturated heterocycles. The average Bonchev–Trinajstić information content (AvgIpc) is 2.68. The van der Waals surface area contributed by atoms with Crippen LogP contribution in [-0.2, 0) is 12.8 Å². The predicted molar refractivity (Wildman–Crippen MR) is 111 cm³/mol. The van der Waals surface area contributed by atoms with Gasteiger partial charge in [0.1, 0.15) is 0 Å². The lowest BCUT2D eigenvalue weighted by Crippen LogP contribution is -2.51. The lowest BCUT2D eigenvalue weighted by Gasteiger charge is -2.42. The number of benzene rings is 2. The Labute approximate surface area is 168 Å². The Bertz CT molecular complexity index is 829. The van der Waals surface area contributed by atoms with Crippen molar-refractivity contribution in [2.75, 3.05) is 18.8 Å². The van der Waals surface area contributed by atoms with Crippen molar-refractivity contribution in [1.82, 2.24) is 4.90 Å². The van der Waals surface area contributed by atoms with E-state index in [2.05, 4.69) is 26.9 Å². The van der Waals surface area contributed by atoms with Crippen LogP contribution in [0.5, 0.6) is 0 Å². The van der Waals surface area contributed by atoms with Crippen molar-refractivity contribution < 1.29 is 9.90 Å². The molecule has 0 unspecified atom stereocenters. The van der Waals surface area contributed by atoms with Gasteiger partial charge in [-0.15, -0.1) is 0 Å². The van der Waals surface area contributed by atoms with Crippen molar-refractivity contribution in [2.45, 2.75) is 37.8 Å². The first-order chi connectivity index (χ1) is 13.0. The molecule has 2 aromatic carbocycles. The molecule has 0 saturated carbocycles. The van der Waals surface area contributed by atoms with E-state index in [1.54, 1.807) is 0 Å². The Kier molecular flexibility index (Phi) is 5.35. The second-order valence-electron chi connectivity index (χ2n) is 7.71. The van der Waals surface area contributed by atoms with Gasteiger partial charge in [-0.3, -0.25) is 9.69 Å². The molecular weight excluding hydrogens is 404 g/mol. The molecule has 2 atom stereocenters. The highest BCUT2D eigenvalue weighted by Gasteiger charge is 2.35. The zero-order valence-electron chi connectivity index (χ0n) is 15.3. The smallest absolute Gasteiger partial charge is 0.166 e. The molecule has 1 aliphatic carbocycles. The number of carbonyl (C=O) groups excluding carboxylic acids is 1. The van der Waals surface area contributed by atoms with Crippen molar-refractivity contribution in [3.8, 4) is 0 Å². The quantitative estimate of drug-likeness (QED) is 0.580. The zero-order valence-corrected chi connectivity index (χ0v) is 16.9. The number of rotatable bonds is 3. The molecule has 0 spiro atoms. The van der Waals surface area contributed by atoms with Crippen molar-refractivity contribution in [2.24, 2.45) is 5.92 Å². The number of likely N-dealkylation sites (tertiary alicyclic amines) is 1. The van der Waals surface area contributed by atoms with Crippen molar-refractivity contribution in [1.29, 1.82) is 0 Å². The molecule has 2 aliphatic rings. The standard InChI is InChI=1S/C22H25BrN2O2/c23-17-6-4-14(5-7-17)22(27)15-8-10-25(11-9-15)20-13-18-16(12-21(20)26)2-1-3-19(18)24/h1-7,15,20-21,26H,8-13,24H2/t20-,21-/m1/s1. The maximum Gasteiger partial charge on any atom is 0.166 e. The number of Topliss-reactive ketones (excluding diaryl/α,β-unsaturated/α-hetero) is 1. The number of carbonyl (C=O) groups is 1. The Morgan fingerprint density at radius 2 is 1.78 bits per heavy atom. The predicted octanol–water partition coefficient (Wildman–Crippen LogP) is 3.45. The van der Waals surface area contributed by atoms with E-state index in [9.17, 15) is 9.90 Å². The number of halogens is 1. The van der Waals surface area contributed by atoms with Crippen molar-refractivity contribution in [3.63, 3.8) is 0 Å². The highest BCUT2D eigenvalue weighted by Crippen LogP contribution is 2.32. The maximum atomic E-state index is 12.8. The van der Waals surface area contributed by atoms with Gasteiger partial charge < -0.3 is 10.8 Å². The number of hydrogen-bond acceptors (Lipinski definition) is 4. The number of hydrogen-bond donors (Lipinski definition) is 2. The van der Waals surface area contributed by atoms with Crippen LogP contribution in [0.2, 0.25) is 0 Å². The summed E-state index contributed by atoms with van der Waals surface area (Å²) in [4.78, 5) is 15.1. The topological polar surface area (TPSA) is 66.6 Å². The number of aliphatic hydroxyl groups is 1. The fraction of sp³-hybridized carbons (Fsp3) is 0.409. The normalized spacial score (nSPS) is 23.8. The fourth-order valence-corrected chi connectivity index (χ4v) is 4.78. The molecule has 3 N–H and O–H groups in total. The van der Waals surface area contributed by atoms with Crippen LogP contribution in [0.4, 0.5) is 5.69 Å². The summed E-state index contributed by atoms with van der Waals surface area (Å²) in [5.74, 6) is 0.307. The number of nitrogen functional groups attached to an aromatic ring is 1. The Morgan fingerprint density at radius 1 is 1.07 bits per heavy atom. The molecule has 1 fully saturated rings. The second-order valence-corrected chi connectivity index (χ2v) is 8.62. The van der Waals surface area contributed by atoms with Crippen LogP contribution in [0.25, 0.3) is 0 Å². The van der Waals surface area contributed by atoms with Crippen LogP contribution >= 0.6 is 15.9 Å². The molecule has 1 heterocycles. The number of nitrogens with two attached hydrogens (primary N) is 1. The minimum atomic E-state index is -0.377. The van der Waals surface area contributed by atoms with Gasteiger partial charge in [-0.25, -0.2) is 0 Å². The lowest BCUT2D eigenvalue weighted by molar-refractivity contribution is 0.0241. The number of anilines is 1. The monoisotopic (exact) mass is 428 g/mol. The first-order valence-electron chi connectivity index (χ1n) is 9.61. The van der Waals surface area contributed by atoms with Gasteiger partial charge in [-0.1, -0.05) is 40.2 Å². The van der Waals surface area contributed by atoms with Crippen molar-refractivity contribution >= 4 is 27.4 Å². The number of piperidine rings is 1. The van der Waals surface area contributed by atoms with E-state index in [4.69, 9.17) is 5.73 Å². The van der Waals surface area contributed by atoms with Gasteiger partial charge in [0.2, 0.25) is 0 Å². The van der Waals surface area contributed by atoms with E-state index < -0.39 is 0 Å². The molecule has 142 valence electrons. The van der Waals surface area contributed by atoms with E-state index >= 15 is 0 Å². The molecule has 2 aromatic rings. The third-order valence-corrected chi connectivity index (χ3v) is 6.62. The van der Waals surface area contributed by atoms with E-state index in [0.717, 1.165) is 48.1 Å². The first-order valence-corrected chi connectivity index (χ1v) is 10.4. The van der Waals surface area contributed by atoms with Gasteiger partial charge >= 0.3 is 0 Å². The lowest BCUT2D eigenvalue weighted by atomic mass is 9.82. The summed E-state index contributed by atoms with van der Waals surface area (Å²) >= 11 is 3.41. The molecule has 5 heteroatoms. The van der Waals surface area contributed by atoms with Crippen LogP contribution < -0.4 is 5.73 Å². The minimum Gasteiger partial charge on any atom is -0.398 e. The first kappa shape index (κ1) is 18.7. The van der Waals surface area contributed by atoms with Gasteiger partial charge in [-0.2, -0.15) is 0 Å². The summed E-state index contributed by atoms with van der Waals surface area (Å²) in [5, 5.41) is 10.7. The van der Waals surface area contributed by atoms with E-state index in [1.165, 1.54) is 11.1 Å². The zero-order chi connectivity index (χ0) is 19.0. The van der Waals surface area contributed by atoms with Gasteiger partial charge in [-0.05, 0) is 61.7 Å². The van der Waals surface area contributed by atoms with E-state index in [0.29, 0.717) is 6.42 Å². The molecule has 4 nitrogen and oxygen atoms in total. The van der Waals surface area contributed by atoms with E-state index in [1.807, 2.05) is 36.4 Å². The average molecular weight is 429 g/mol. The molecule has 0 bridgehead atoms. The number of ketones is 1. The van der Waals surface area contributed by atoms with Gasteiger partial charge in [0.25, 0.3) is 0 Å². The highest BCUT2D eigenvalue weighted by molar-refractivity contribution is 9.10. The van der Waals surface area contributed by atoms with Gasteiger partial charge in [0.15, 0.2) is 5.78 Å². The Balaban J connectivity index is 1.41. The van der Waals surface area contributed by atoms with Crippen LogP contribution in [0, 0.1) is 5.92 Å². The Hall–Kier alpha value is -1.69. The molecule has 4 rings (SSSR count). The molecule has 0 aromatic heterocycles. The fourth-order valence-electron chi connectivity index (χ4n) is 4.52. The molecule has 1 aliphatic heterocycles. The molecule has 0 radical (unpaired) electrons. The largest absolute Gasteiger partial charge is 0.398 e. The summed E-state index contributed by atoms with van der Waals surface area (Å²) in [6.07, 6.45) is 2.75. The SMILES string of the molecule is Nc1cccc2c1C[C@@H](N1CCC(C(=O)c3ccc(Br)cc3)CC1)[C@H](O)C2. The number of nitrogens with zero attached hydrogens (tertiary/aromatic N) is 1. The van der Waals surface area contributed by atoms with Crippen molar-refractivity contribution in [3.05, 3.63) is 63.6 Å². The molecule has 0 amide bonds. The van der Waals surface area contributed by atoms with Crippen LogP contribution in [0.3, 0.4) is 0 Å². The number of aliphatic hydroxyl groups excluding tert-OH is 1. The van der Waals surface area contributed by atoms with Crippen LogP contribution in [0.15, 0.2) is 46.9 Å². The second kappa shape index (κ2) is 7.74. The number of fused-ring (bicyclic) bond motifs is 1. The minimum absolute atomic E-state index is 0.0699. The maximum absolute atomic E-state index is 12.8. The summed E-state index contributed by atoms with van der Waals surface area (Å²) in [7, 11) is 0. The third kappa shape index (κ3) is 3.82. The Morgan fingerprint density at radius 3 is 2.48 bits per heavy atom. The van der Waals surface area contributed by atoms with Gasteiger partial charge in [0.05, 0.1) is 6.10 Å². The highest BCUT2D eigenvalue weighted by atomic mass is 79.9. The summed E-state index contributed by atoms with van der Waals surface area (Å²) in [5.41, 5.74) is 10.1.